The van der Waals surface area contributed by atoms with Gasteiger partial charge in [0.25, 0.3) is 11.2 Å². The van der Waals surface area contributed by atoms with Crippen molar-refractivity contribution < 1.29 is 9.45 Å². The number of aryl methyl sites for hydroxylation is 2. The summed E-state index contributed by atoms with van der Waals surface area (Å²) in [7, 11) is 0. The molecule has 0 aliphatic carbocycles. The Morgan fingerprint density at radius 3 is 2.68 bits per heavy atom. The van der Waals surface area contributed by atoms with E-state index in [1.165, 1.54) is 18.2 Å². The van der Waals surface area contributed by atoms with Gasteiger partial charge in [0.1, 0.15) is 5.76 Å². The normalized spacial score (nSPS) is 11.0. The summed E-state index contributed by atoms with van der Waals surface area (Å²) in [6.45, 7) is 3.92. The Morgan fingerprint density at radius 2 is 2.05 bits per heavy atom. The molecule has 0 fully saturated rings. The fourth-order valence-electron chi connectivity index (χ4n) is 2.45. The number of non-ortho nitro benzene ring substituents is 1. The van der Waals surface area contributed by atoms with Gasteiger partial charge in [-0.1, -0.05) is 5.16 Å². The van der Waals surface area contributed by atoms with Crippen molar-refractivity contribution in [1.29, 1.82) is 0 Å². The van der Waals surface area contributed by atoms with Crippen LogP contribution in [0.15, 0.2) is 39.6 Å². The van der Waals surface area contributed by atoms with Crippen molar-refractivity contribution in [1.82, 2.24) is 9.72 Å². The number of pyridine rings is 1. The first-order valence-corrected chi connectivity index (χ1v) is 6.67. The number of fused-ring (bicyclic) bond motifs is 1. The van der Waals surface area contributed by atoms with Gasteiger partial charge in [-0.15, -0.1) is 0 Å². The molecule has 0 aliphatic heterocycles. The number of nitro groups is 1. The van der Waals surface area contributed by atoms with E-state index in [0.29, 0.717) is 23.2 Å². The van der Waals surface area contributed by atoms with Gasteiger partial charge in [0.15, 0.2) is 0 Å². The summed E-state index contributed by atoms with van der Waals surface area (Å²) in [4.78, 5) is 22.6. The van der Waals surface area contributed by atoms with Crippen molar-refractivity contribution in [2.24, 2.45) is 0 Å². The zero-order valence-electron chi connectivity index (χ0n) is 12.1. The molecular weight excluding hydrogens is 286 g/mol. The first-order valence-electron chi connectivity index (χ1n) is 6.67. The monoisotopic (exact) mass is 299 g/mol. The van der Waals surface area contributed by atoms with Crippen LogP contribution in [0.25, 0.3) is 10.9 Å². The van der Waals surface area contributed by atoms with Gasteiger partial charge in [0.2, 0.25) is 0 Å². The highest BCUT2D eigenvalue weighted by atomic mass is 16.6. The van der Waals surface area contributed by atoms with E-state index >= 15 is 0 Å². The number of benzene rings is 1. The molecule has 0 spiro atoms. The van der Waals surface area contributed by atoms with Crippen LogP contribution >= 0.6 is 0 Å². The molecule has 2 heterocycles. The van der Waals surface area contributed by atoms with Crippen molar-refractivity contribution in [2.75, 3.05) is 0 Å². The lowest BCUT2D eigenvalue weighted by molar-refractivity contribution is -0.384. The Morgan fingerprint density at radius 1 is 1.27 bits per heavy atom. The van der Waals surface area contributed by atoms with E-state index in [4.69, 9.17) is 4.52 Å². The maximum Gasteiger partial charge on any atom is 0.270 e. The maximum absolute atomic E-state index is 12.2. The largest absolute Gasteiger partial charge is 0.361 e. The molecule has 2 aromatic heterocycles. The third-order valence-electron chi connectivity index (χ3n) is 3.68. The smallest absolute Gasteiger partial charge is 0.270 e. The first-order chi connectivity index (χ1) is 10.5. The lowest BCUT2D eigenvalue weighted by atomic mass is 10.1. The number of aromatic nitrogens is 2. The van der Waals surface area contributed by atoms with Crippen LogP contribution in [0.2, 0.25) is 0 Å². The lowest BCUT2D eigenvalue weighted by Gasteiger charge is -2.09. The highest BCUT2D eigenvalue weighted by Crippen LogP contribution is 2.21. The van der Waals surface area contributed by atoms with Crippen LogP contribution in [0.5, 0.6) is 0 Å². The Kier molecular flexibility index (Phi) is 3.25. The van der Waals surface area contributed by atoms with Gasteiger partial charge < -0.3 is 9.09 Å². The Bertz CT molecular complexity index is 920. The Labute approximate surface area is 124 Å². The molecule has 0 radical (unpaired) electrons. The van der Waals surface area contributed by atoms with Crippen LogP contribution in [-0.4, -0.2) is 14.6 Å². The number of hydrogen-bond acceptors (Lipinski definition) is 5. The number of nitrogens with zero attached hydrogens (tertiary/aromatic N) is 3. The average Bonchev–Trinajstić information content (AvgIpc) is 2.81. The molecule has 22 heavy (non-hydrogen) atoms. The molecule has 0 unspecified atom stereocenters. The van der Waals surface area contributed by atoms with Gasteiger partial charge in [-0.3, -0.25) is 14.9 Å². The number of rotatable bonds is 3. The molecular formula is C15H13N3O4. The molecule has 7 heteroatoms. The molecule has 0 amide bonds. The molecule has 0 aliphatic rings. The fourth-order valence-corrected chi connectivity index (χ4v) is 2.45. The second-order valence-corrected chi connectivity index (χ2v) is 5.06. The van der Waals surface area contributed by atoms with Gasteiger partial charge in [-0.05, 0) is 26.0 Å². The number of hydrogen-bond donors (Lipinski definition) is 0. The predicted molar refractivity (Wildman–Crippen MR) is 79.9 cm³/mol. The fraction of sp³-hybridized carbons (Fsp3) is 0.200. The van der Waals surface area contributed by atoms with Gasteiger partial charge in [-0.25, -0.2) is 0 Å². The minimum absolute atomic E-state index is 0.00459. The van der Waals surface area contributed by atoms with E-state index in [0.717, 1.165) is 11.3 Å². The van der Waals surface area contributed by atoms with E-state index in [-0.39, 0.29) is 11.2 Å². The van der Waals surface area contributed by atoms with Crippen molar-refractivity contribution in [3.63, 3.8) is 0 Å². The SMILES string of the molecule is Cc1noc(C)c1Cn1c(=O)ccc2cc([N+](=O)[O-])ccc21. The van der Waals surface area contributed by atoms with E-state index in [1.54, 1.807) is 23.6 Å². The molecule has 7 nitrogen and oxygen atoms in total. The lowest BCUT2D eigenvalue weighted by Crippen LogP contribution is -2.20. The maximum atomic E-state index is 12.2. The third-order valence-corrected chi connectivity index (χ3v) is 3.68. The summed E-state index contributed by atoms with van der Waals surface area (Å²) in [6, 6.07) is 7.44. The summed E-state index contributed by atoms with van der Waals surface area (Å²) >= 11 is 0. The van der Waals surface area contributed by atoms with E-state index in [1.807, 2.05) is 6.92 Å². The first kappa shape index (κ1) is 14.0. The third kappa shape index (κ3) is 2.26. The quantitative estimate of drug-likeness (QED) is 0.547. The Balaban J connectivity index is 2.18. The molecule has 3 rings (SSSR count). The average molecular weight is 299 g/mol. The van der Waals surface area contributed by atoms with Gasteiger partial charge in [-0.2, -0.15) is 0 Å². The molecule has 0 saturated carbocycles. The molecule has 112 valence electrons. The molecule has 0 N–H and O–H groups in total. The highest BCUT2D eigenvalue weighted by molar-refractivity contribution is 5.81. The van der Waals surface area contributed by atoms with Crippen LogP contribution in [0.3, 0.4) is 0 Å². The van der Waals surface area contributed by atoms with Crippen molar-refractivity contribution in [2.45, 2.75) is 20.4 Å². The van der Waals surface area contributed by atoms with Crippen LogP contribution < -0.4 is 5.56 Å². The van der Waals surface area contributed by atoms with E-state index in [9.17, 15) is 14.9 Å². The van der Waals surface area contributed by atoms with Crippen LogP contribution in [0.1, 0.15) is 17.0 Å². The van der Waals surface area contributed by atoms with Crippen LogP contribution in [-0.2, 0) is 6.54 Å². The van der Waals surface area contributed by atoms with E-state index < -0.39 is 4.92 Å². The van der Waals surface area contributed by atoms with Crippen LogP contribution in [0.4, 0.5) is 5.69 Å². The standard InChI is InChI=1S/C15H13N3O4/c1-9-13(10(2)22-16-9)8-17-14-5-4-12(18(20)21)7-11(14)3-6-15(17)19/h3-7H,8H2,1-2H3. The predicted octanol–water partition coefficient (Wildman–Crippen LogP) is 2.56. The van der Waals surface area contributed by atoms with Crippen molar-refractivity contribution in [3.8, 4) is 0 Å². The summed E-state index contributed by atoms with van der Waals surface area (Å²) in [6.07, 6.45) is 0. The highest BCUT2D eigenvalue weighted by Gasteiger charge is 2.14. The minimum atomic E-state index is -0.455. The second-order valence-electron chi connectivity index (χ2n) is 5.06. The molecule has 0 saturated heterocycles. The van der Waals surface area contributed by atoms with Gasteiger partial charge in [0, 0.05) is 29.1 Å². The zero-order chi connectivity index (χ0) is 15.9. The molecule has 1 aromatic carbocycles. The second kappa shape index (κ2) is 5.10. The molecule has 0 atom stereocenters. The van der Waals surface area contributed by atoms with Crippen LogP contribution in [0, 0.1) is 24.0 Å². The topological polar surface area (TPSA) is 91.2 Å². The molecule has 0 bridgehead atoms. The number of nitro benzene ring substituents is 1. The summed E-state index contributed by atoms with van der Waals surface area (Å²) in [5.74, 6) is 0.656. The minimum Gasteiger partial charge on any atom is -0.361 e. The zero-order valence-corrected chi connectivity index (χ0v) is 12.1. The van der Waals surface area contributed by atoms with Gasteiger partial charge >= 0.3 is 0 Å². The Hall–Kier alpha value is -2.96. The summed E-state index contributed by atoms with van der Waals surface area (Å²) < 4.78 is 6.68. The summed E-state index contributed by atoms with van der Waals surface area (Å²) in [5, 5.41) is 15.4. The van der Waals surface area contributed by atoms with Gasteiger partial charge in [0.05, 0.1) is 22.7 Å². The molecule has 3 aromatic rings. The summed E-state index contributed by atoms with van der Waals surface area (Å²) in [5.41, 5.74) is 2.02. The van der Waals surface area contributed by atoms with Crippen molar-refractivity contribution >= 4 is 16.6 Å². The van der Waals surface area contributed by atoms with E-state index in [2.05, 4.69) is 5.16 Å². The van der Waals surface area contributed by atoms with Crippen molar-refractivity contribution in [3.05, 3.63) is 67.8 Å².